The summed E-state index contributed by atoms with van der Waals surface area (Å²) < 4.78 is 29.0. The molecule has 214 valence electrons. The van der Waals surface area contributed by atoms with Crippen molar-refractivity contribution < 1.29 is 18.0 Å². The second-order valence-electron chi connectivity index (χ2n) is 9.64. The number of rotatable bonds is 12. The van der Waals surface area contributed by atoms with Crippen LogP contribution in [0.25, 0.3) is 0 Å². The lowest BCUT2D eigenvalue weighted by molar-refractivity contribution is -0.139. The molecule has 3 aromatic carbocycles. The molecule has 2 amide bonds. The highest BCUT2D eigenvalue weighted by Crippen LogP contribution is 2.31. The molecule has 40 heavy (non-hydrogen) atoms. The lowest BCUT2D eigenvalue weighted by Crippen LogP contribution is -2.51. The zero-order valence-electron chi connectivity index (χ0n) is 23.2. The van der Waals surface area contributed by atoms with Crippen molar-refractivity contribution in [1.82, 2.24) is 10.2 Å². The van der Waals surface area contributed by atoms with Crippen LogP contribution in [0.4, 0.5) is 5.69 Å². The van der Waals surface area contributed by atoms with Crippen molar-refractivity contribution in [3.05, 3.63) is 93.5 Å². The van der Waals surface area contributed by atoms with Gasteiger partial charge in [-0.25, -0.2) is 8.42 Å². The Morgan fingerprint density at radius 2 is 1.57 bits per heavy atom. The SMILES string of the molecule is CCCCNC(=O)[C@@H](C)N(Cc1ccccc1Cl)C(=O)CN(c1cccc(Cl)c1C)S(=O)(=O)c1ccc(C)cc1. The fraction of sp³-hybridized carbons (Fsp3) is 0.333. The van der Waals surface area contributed by atoms with Gasteiger partial charge in [-0.3, -0.25) is 13.9 Å². The quantitative estimate of drug-likeness (QED) is 0.252. The van der Waals surface area contributed by atoms with Gasteiger partial charge in [0.15, 0.2) is 0 Å². The van der Waals surface area contributed by atoms with Gasteiger partial charge in [0.2, 0.25) is 11.8 Å². The molecule has 0 aliphatic rings. The Morgan fingerprint density at radius 3 is 2.23 bits per heavy atom. The Morgan fingerprint density at radius 1 is 0.925 bits per heavy atom. The van der Waals surface area contributed by atoms with Gasteiger partial charge >= 0.3 is 0 Å². The van der Waals surface area contributed by atoms with E-state index in [9.17, 15) is 18.0 Å². The maximum Gasteiger partial charge on any atom is 0.264 e. The van der Waals surface area contributed by atoms with Crippen molar-refractivity contribution in [3.8, 4) is 0 Å². The number of halogens is 2. The molecule has 3 aromatic rings. The Labute approximate surface area is 247 Å². The summed E-state index contributed by atoms with van der Waals surface area (Å²) in [6.45, 7) is 7.15. The first-order valence-electron chi connectivity index (χ1n) is 13.1. The van der Waals surface area contributed by atoms with Gasteiger partial charge in [0.1, 0.15) is 12.6 Å². The zero-order valence-corrected chi connectivity index (χ0v) is 25.5. The third-order valence-electron chi connectivity index (χ3n) is 6.69. The maximum atomic E-state index is 14.0. The van der Waals surface area contributed by atoms with Gasteiger partial charge in [0, 0.05) is 23.1 Å². The van der Waals surface area contributed by atoms with E-state index in [4.69, 9.17) is 23.2 Å². The first kappa shape index (κ1) is 31.5. The summed E-state index contributed by atoms with van der Waals surface area (Å²) in [4.78, 5) is 28.5. The molecule has 0 bridgehead atoms. The second-order valence-corrected chi connectivity index (χ2v) is 12.3. The molecule has 3 rings (SSSR count). The molecule has 0 aliphatic heterocycles. The number of aryl methyl sites for hydroxylation is 1. The number of carbonyl (C=O) groups is 2. The smallest absolute Gasteiger partial charge is 0.264 e. The molecule has 7 nitrogen and oxygen atoms in total. The monoisotopic (exact) mass is 603 g/mol. The number of hydrogen-bond donors (Lipinski definition) is 1. The maximum absolute atomic E-state index is 14.0. The first-order chi connectivity index (χ1) is 19.0. The number of hydrogen-bond acceptors (Lipinski definition) is 4. The molecule has 10 heteroatoms. The van der Waals surface area contributed by atoms with E-state index in [0.717, 1.165) is 22.7 Å². The lowest BCUT2D eigenvalue weighted by Gasteiger charge is -2.32. The molecule has 0 saturated carbocycles. The van der Waals surface area contributed by atoms with Gasteiger partial charge in [-0.05, 0) is 68.7 Å². The zero-order chi connectivity index (χ0) is 29.4. The van der Waals surface area contributed by atoms with E-state index in [2.05, 4.69) is 5.32 Å². The number of carbonyl (C=O) groups excluding carboxylic acids is 2. The highest BCUT2D eigenvalue weighted by molar-refractivity contribution is 7.92. The van der Waals surface area contributed by atoms with Crippen molar-refractivity contribution in [2.75, 3.05) is 17.4 Å². The van der Waals surface area contributed by atoms with Crippen molar-refractivity contribution in [3.63, 3.8) is 0 Å². The van der Waals surface area contributed by atoms with E-state index in [-0.39, 0.29) is 23.0 Å². The molecular formula is C30H35Cl2N3O4S. The second kappa shape index (κ2) is 14.0. The molecule has 0 fully saturated rings. The van der Waals surface area contributed by atoms with Crippen molar-refractivity contribution >= 4 is 50.7 Å². The highest BCUT2D eigenvalue weighted by Gasteiger charge is 2.33. The van der Waals surface area contributed by atoms with Gasteiger partial charge in [-0.1, -0.05) is 78.5 Å². The number of anilines is 1. The number of nitrogens with one attached hydrogen (secondary N) is 1. The third kappa shape index (κ3) is 7.56. The van der Waals surface area contributed by atoms with Gasteiger partial charge in [0.25, 0.3) is 10.0 Å². The average molecular weight is 605 g/mol. The van der Waals surface area contributed by atoms with E-state index in [1.165, 1.54) is 17.0 Å². The van der Waals surface area contributed by atoms with Crippen molar-refractivity contribution in [1.29, 1.82) is 0 Å². The van der Waals surface area contributed by atoms with Crippen LogP contribution >= 0.6 is 23.2 Å². The Kier molecular flexibility index (Phi) is 11.0. The molecule has 0 radical (unpaired) electrons. The van der Waals surface area contributed by atoms with Crippen LogP contribution in [-0.4, -0.2) is 44.3 Å². The third-order valence-corrected chi connectivity index (χ3v) is 9.24. The van der Waals surface area contributed by atoms with Crippen LogP contribution < -0.4 is 9.62 Å². The van der Waals surface area contributed by atoms with Gasteiger partial charge in [-0.15, -0.1) is 0 Å². The summed E-state index contributed by atoms with van der Waals surface area (Å²) in [7, 11) is -4.18. The molecule has 0 spiro atoms. The normalized spacial score (nSPS) is 12.1. The Bertz CT molecular complexity index is 1450. The standard InChI is InChI=1S/C30H35Cl2N3O4S/c1-5-6-18-33-30(37)23(4)34(19-24-10-7-8-11-27(24)32)29(36)20-35(28-13-9-12-26(31)22(28)3)40(38,39)25-16-14-21(2)15-17-25/h7-17,23H,5-6,18-20H2,1-4H3,(H,33,37)/t23-/m1/s1. The van der Waals surface area contributed by atoms with Crippen molar-refractivity contribution in [2.45, 2.75) is 58.0 Å². The predicted molar refractivity (Wildman–Crippen MR) is 161 cm³/mol. The van der Waals surface area contributed by atoms with Crippen LogP contribution in [0.15, 0.2) is 71.6 Å². The molecule has 1 N–H and O–H groups in total. The summed E-state index contributed by atoms with van der Waals surface area (Å²) in [5.41, 5.74) is 2.32. The summed E-state index contributed by atoms with van der Waals surface area (Å²) in [5.74, 6) is -0.895. The van der Waals surface area contributed by atoms with E-state index in [0.29, 0.717) is 27.7 Å². The summed E-state index contributed by atoms with van der Waals surface area (Å²) >= 11 is 12.8. The van der Waals surface area contributed by atoms with Crippen molar-refractivity contribution in [2.24, 2.45) is 0 Å². The van der Waals surface area contributed by atoms with Crippen LogP contribution in [0.1, 0.15) is 43.4 Å². The minimum absolute atomic E-state index is 0.0216. The molecule has 0 aromatic heterocycles. The Balaban J connectivity index is 2.05. The minimum Gasteiger partial charge on any atom is -0.354 e. The van der Waals surface area contributed by atoms with Gasteiger partial charge in [-0.2, -0.15) is 0 Å². The highest BCUT2D eigenvalue weighted by atomic mass is 35.5. The lowest BCUT2D eigenvalue weighted by atomic mass is 10.1. The molecular weight excluding hydrogens is 569 g/mol. The summed E-state index contributed by atoms with van der Waals surface area (Å²) in [6, 6.07) is 17.5. The number of benzene rings is 3. The molecule has 0 saturated heterocycles. The summed E-state index contributed by atoms with van der Waals surface area (Å²) in [5, 5.41) is 3.67. The first-order valence-corrected chi connectivity index (χ1v) is 15.3. The topological polar surface area (TPSA) is 86.8 Å². The van der Waals surface area contributed by atoms with Gasteiger partial charge < -0.3 is 10.2 Å². The van der Waals surface area contributed by atoms with Gasteiger partial charge in [0.05, 0.1) is 10.6 Å². The van der Waals surface area contributed by atoms with Crippen LogP contribution in [0, 0.1) is 13.8 Å². The molecule has 0 unspecified atom stereocenters. The van der Waals surface area contributed by atoms with E-state index >= 15 is 0 Å². The number of nitrogens with zero attached hydrogens (tertiary/aromatic N) is 2. The molecule has 1 atom stereocenters. The fourth-order valence-electron chi connectivity index (χ4n) is 4.15. The molecule has 0 aliphatic carbocycles. The number of unbranched alkanes of at least 4 members (excludes halogenated alkanes) is 1. The van der Waals surface area contributed by atoms with Crippen LogP contribution in [0.2, 0.25) is 10.0 Å². The summed E-state index contributed by atoms with van der Waals surface area (Å²) in [6.07, 6.45) is 1.70. The predicted octanol–water partition coefficient (Wildman–Crippen LogP) is 6.14. The minimum atomic E-state index is -4.18. The Hall–Kier alpha value is -3.07. The molecule has 0 heterocycles. The fourth-order valence-corrected chi connectivity index (χ4v) is 5.98. The van der Waals surface area contributed by atoms with E-state index in [1.54, 1.807) is 68.4 Å². The van der Waals surface area contributed by atoms with Crippen LogP contribution in [0.5, 0.6) is 0 Å². The van der Waals surface area contributed by atoms with E-state index in [1.807, 2.05) is 13.8 Å². The average Bonchev–Trinajstić information content (AvgIpc) is 2.92. The van der Waals surface area contributed by atoms with Crippen LogP contribution in [0.3, 0.4) is 0 Å². The number of amides is 2. The van der Waals surface area contributed by atoms with Crippen LogP contribution in [-0.2, 0) is 26.2 Å². The number of sulfonamides is 1. The largest absolute Gasteiger partial charge is 0.354 e. The van der Waals surface area contributed by atoms with E-state index < -0.39 is 28.5 Å².